The third-order valence-electron chi connectivity index (χ3n) is 2.77. The second kappa shape index (κ2) is 3.36. The number of rotatable bonds is 2. The molecule has 0 aliphatic heterocycles. The van der Waals surface area contributed by atoms with E-state index < -0.39 is 0 Å². The van der Waals surface area contributed by atoms with E-state index in [0.717, 1.165) is 18.2 Å². The van der Waals surface area contributed by atoms with E-state index in [2.05, 4.69) is 10.1 Å². The maximum absolute atomic E-state index is 11.1. The number of aromatic amines is 1. The third kappa shape index (κ3) is 1.82. The summed E-state index contributed by atoms with van der Waals surface area (Å²) in [6.45, 7) is 0. The Morgan fingerprint density at radius 3 is 2.77 bits per heavy atom. The molecule has 1 aromatic heterocycles. The molecule has 4 heteroatoms. The molecule has 1 saturated carbocycles. The van der Waals surface area contributed by atoms with Gasteiger partial charge in [-0.25, -0.2) is 9.48 Å². The normalized spacial score (nSPS) is 18.2. The van der Waals surface area contributed by atoms with E-state index in [1.165, 1.54) is 30.4 Å². The summed E-state index contributed by atoms with van der Waals surface area (Å²) in [6.07, 6.45) is 6.19. The second-order valence-electron chi connectivity index (χ2n) is 3.86. The first-order valence-corrected chi connectivity index (χ1v) is 4.88. The van der Waals surface area contributed by atoms with Gasteiger partial charge in [-0.05, 0) is 5.92 Å². The third-order valence-corrected chi connectivity index (χ3v) is 2.77. The number of nitrogens with zero attached hydrogens (tertiary/aromatic N) is 2. The van der Waals surface area contributed by atoms with Gasteiger partial charge in [0.15, 0.2) is 0 Å². The molecule has 0 amide bonds. The van der Waals surface area contributed by atoms with Crippen LogP contribution in [0.1, 0.15) is 31.5 Å². The van der Waals surface area contributed by atoms with Gasteiger partial charge in [-0.1, -0.05) is 25.7 Å². The molecule has 1 N–H and O–H groups in total. The molecule has 0 spiro atoms. The van der Waals surface area contributed by atoms with Crippen LogP contribution < -0.4 is 5.69 Å². The Labute approximate surface area is 77.0 Å². The lowest BCUT2D eigenvalue weighted by molar-refractivity contribution is 0.528. The van der Waals surface area contributed by atoms with Gasteiger partial charge in [-0.15, -0.1) is 0 Å². The van der Waals surface area contributed by atoms with E-state index in [0.29, 0.717) is 0 Å². The van der Waals surface area contributed by atoms with Crippen molar-refractivity contribution >= 4 is 0 Å². The van der Waals surface area contributed by atoms with Crippen LogP contribution in [0.4, 0.5) is 0 Å². The Morgan fingerprint density at radius 1 is 1.54 bits per heavy atom. The number of nitrogens with one attached hydrogen (secondary N) is 1. The molecule has 0 bridgehead atoms. The maximum Gasteiger partial charge on any atom is 0.342 e. The molecule has 13 heavy (non-hydrogen) atoms. The minimum Gasteiger partial charge on any atom is -0.293 e. The summed E-state index contributed by atoms with van der Waals surface area (Å²) in [7, 11) is 1.68. The van der Waals surface area contributed by atoms with Crippen molar-refractivity contribution in [3.63, 3.8) is 0 Å². The smallest absolute Gasteiger partial charge is 0.293 e. The van der Waals surface area contributed by atoms with Crippen LogP contribution in [-0.4, -0.2) is 14.8 Å². The number of aryl methyl sites for hydroxylation is 1. The first-order chi connectivity index (χ1) is 6.25. The number of H-pyrrole nitrogens is 1. The second-order valence-corrected chi connectivity index (χ2v) is 3.86. The summed E-state index contributed by atoms with van der Waals surface area (Å²) < 4.78 is 1.37. The van der Waals surface area contributed by atoms with Crippen molar-refractivity contribution in [2.24, 2.45) is 13.0 Å². The van der Waals surface area contributed by atoms with Gasteiger partial charge >= 0.3 is 5.69 Å². The van der Waals surface area contributed by atoms with Crippen LogP contribution in [0.15, 0.2) is 4.79 Å². The quantitative estimate of drug-likeness (QED) is 0.735. The highest BCUT2D eigenvalue weighted by atomic mass is 16.1. The van der Waals surface area contributed by atoms with Crippen molar-refractivity contribution < 1.29 is 0 Å². The van der Waals surface area contributed by atoms with Crippen LogP contribution in [-0.2, 0) is 13.5 Å². The summed E-state index contributed by atoms with van der Waals surface area (Å²) >= 11 is 0. The van der Waals surface area contributed by atoms with Crippen molar-refractivity contribution in [3.05, 3.63) is 16.3 Å². The fraction of sp³-hybridized carbons (Fsp3) is 0.778. The molecule has 72 valence electrons. The van der Waals surface area contributed by atoms with Gasteiger partial charge in [0.2, 0.25) is 0 Å². The maximum atomic E-state index is 11.1. The molecule has 1 heterocycles. The first kappa shape index (κ1) is 8.53. The van der Waals surface area contributed by atoms with Crippen molar-refractivity contribution in [1.82, 2.24) is 14.8 Å². The molecule has 1 aliphatic rings. The van der Waals surface area contributed by atoms with Crippen molar-refractivity contribution in [2.45, 2.75) is 32.1 Å². The Hall–Kier alpha value is -1.06. The Kier molecular flexibility index (Phi) is 2.20. The highest BCUT2D eigenvalue weighted by Gasteiger charge is 2.17. The van der Waals surface area contributed by atoms with Crippen LogP contribution in [0.25, 0.3) is 0 Å². The summed E-state index contributed by atoms with van der Waals surface area (Å²) in [5.74, 6) is 1.59. The zero-order valence-electron chi connectivity index (χ0n) is 7.92. The topological polar surface area (TPSA) is 50.7 Å². The van der Waals surface area contributed by atoms with Crippen molar-refractivity contribution in [1.29, 1.82) is 0 Å². The Balaban J connectivity index is 2.04. The largest absolute Gasteiger partial charge is 0.342 e. The minimum atomic E-state index is -0.104. The summed E-state index contributed by atoms with van der Waals surface area (Å²) in [5.41, 5.74) is -0.104. The summed E-state index contributed by atoms with van der Waals surface area (Å²) in [5, 5.41) is 4.12. The van der Waals surface area contributed by atoms with Crippen molar-refractivity contribution in [3.8, 4) is 0 Å². The lowest BCUT2D eigenvalue weighted by atomic mass is 10.0. The summed E-state index contributed by atoms with van der Waals surface area (Å²) in [4.78, 5) is 13.8. The molecule has 4 nitrogen and oxygen atoms in total. The van der Waals surface area contributed by atoms with Gasteiger partial charge in [0.25, 0.3) is 0 Å². The van der Waals surface area contributed by atoms with E-state index in [4.69, 9.17) is 0 Å². The molecule has 0 unspecified atom stereocenters. The van der Waals surface area contributed by atoms with Gasteiger partial charge in [0.05, 0.1) is 0 Å². The first-order valence-electron chi connectivity index (χ1n) is 4.88. The number of hydrogen-bond acceptors (Lipinski definition) is 2. The molecule has 0 aromatic carbocycles. The predicted molar refractivity (Wildman–Crippen MR) is 49.5 cm³/mol. The number of hydrogen-bond donors (Lipinski definition) is 1. The molecule has 2 rings (SSSR count). The molecule has 1 aliphatic carbocycles. The highest BCUT2D eigenvalue weighted by molar-refractivity contribution is 4.86. The lowest BCUT2D eigenvalue weighted by Gasteiger charge is -2.03. The van der Waals surface area contributed by atoms with Crippen LogP contribution in [0.3, 0.4) is 0 Å². The zero-order valence-corrected chi connectivity index (χ0v) is 7.92. The van der Waals surface area contributed by atoms with Gasteiger partial charge in [0.1, 0.15) is 5.82 Å². The fourth-order valence-electron chi connectivity index (χ4n) is 2.04. The predicted octanol–water partition coefficient (Wildman–Crippen LogP) is 0.841. The highest BCUT2D eigenvalue weighted by Crippen LogP contribution is 2.26. The molecule has 0 saturated heterocycles. The van der Waals surface area contributed by atoms with Gasteiger partial charge in [-0.3, -0.25) is 4.98 Å². The van der Waals surface area contributed by atoms with E-state index in [1.54, 1.807) is 7.05 Å². The van der Waals surface area contributed by atoms with Gasteiger partial charge in [-0.2, -0.15) is 5.10 Å². The van der Waals surface area contributed by atoms with Gasteiger partial charge < -0.3 is 0 Å². The van der Waals surface area contributed by atoms with Crippen molar-refractivity contribution in [2.75, 3.05) is 0 Å². The monoisotopic (exact) mass is 181 g/mol. The molecular formula is C9H15N3O. The average Bonchev–Trinajstić information content (AvgIpc) is 2.64. The Bertz CT molecular complexity index is 333. The van der Waals surface area contributed by atoms with Crippen LogP contribution in [0.5, 0.6) is 0 Å². The lowest BCUT2D eigenvalue weighted by Crippen LogP contribution is -2.13. The van der Waals surface area contributed by atoms with Crippen LogP contribution in [0.2, 0.25) is 0 Å². The standard InChI is InChI=1S/C9H15N3O/c1-12-9(13)10-8(11-12)6-7-4-2-3-5-7/h7H,2-6H2,1H3,(H,10,11,13). The molecule has 0 radical (unpaired) electrons. The van der Waals surface area contributed by atoms with E-state index >= 15 is 0 Å². The minimum absolute atomic E-state index is 0.104. The van der Waals surface area contributed by atoms with Crippen LogP contribution in [0, 0.1) is 5.92 Å². The Morgan fingerprint density at radius 2 is 2.23 bits per heavy atom. The average molecular weight is 181 g/mol. The van der Waals surface area contributed by atoms with E-state index in [1.807, 2.05) is 0 Å². The summed E-state index contributed by atoms with van der Waals surface area (Å²) in [6, 6.07) is 0. The van der Waals surface area contributed by atoms with E-state index in [-0.39, 0.29) is 5.69 Å². The van der Waals surface area contributed by atoms with Gasteiger partial charge in [0, 0.05) is 13.5 Å². The zero-order chi connectivity index (χ0) is 9.26. The SMILES string of the molecule is Cn1nc(CC2CCCC2)[nH]c1=O. The van der Waals surface area contributed by atoms with Crippen LogP contribution >= 0.6 is 0 Å². The molecule has 1 fully saturated rings. The molecule has 1 aromatic rings. The molecular weight excluding hydrogens is 166 g/mol. The fourth-order valence-corrected chi connectivity index (χ4v) is 2.04. The van der Waals surface area contributed by atoms with E-state index in [9.17, 15) is 4.79 Å². The number of aromatic nitrogens is 3. The molecule has 0 atom stereocenters.